The molecule has 1 aromatic rings. The Kier molecular flexibility index (Phi) is 3.80. The Balaban J connectivity index is 2.05. The molecule has 1 aliphatic carbocycles. The van der Waals surface area contributed by atoms with Gasteiger partial charge in [0.15, 0.2) is 0 Å². The predicted molar refractivity (Wildman–Crippen MR) is 62.9 cm³/mol. The molecule has 3 nitrogen and oxygen atoms in total. The number of benzene rings is 1. The second kappa shape index (κ2) is 5.32. The Bertz CT molecular complexity index is 323. The highest BCUT2D eigenvalue weighted by Crippen LogP contribution is 2.33. The van der Waals surface area contributed by atoms with Crippen LogP contribution in [-0.2, 0) is 0 Å². The molecular weight excluding hydrogens is 202 g/mol. The Morgan fingerprint density at radius 3 is 2.62 bits per heavy atom. The van der Waals surface area contributed by atoms with Crippen molar-refractivity contribution in [3.63, 3.8) is 0 Å². The van der Waals surface area contributed by atoms with Crippen molar-refractivity contribution in [2.45, 2.75) is 37.6 Å². The van der Waals surface area contributed by atoms with Crippen molar-refractivity contribution in [1.82, 2.24) is 5.48 Å². The topological polar surface area (TPSA) is 41.5 Å². The highest BCUT2D eigenvalue weighted by molar-refractivity contribution is 5.29. The number of ether oxygens (including phenoxy) is 1. The summed E-state index contributed by atoms with van der Waals surface area (Å²) in [5.41, 5.74) is 3.75. The van der Waals surface area contributed by atoms with E-state index in [1.165, 1.54) is 18.4 Å². The van der Waals surface area contributed by atoms with E-state index in [1.807, 2.05) is 12.1 Å². The Morgan fingerprint density at radius 1 is 1.25 bits per heavy atom. The van der Waals surface area contributed by atoms with Crippen molar-refractivity contribution in [2.24, 2.45) is 0 Å². The van der Waals surface area contributed by atoms with Crippen LogP contribution >= 0.6 is 0 Å². The van der Waals surface area contributed by atoms with Crippen LogP contribution in [0, 0.1) is 0 Å². The Hall–Kier alpha value is -1.06. The predicted octanol–water partition coefficient (Wildman–Crippen LogP) is 2.70. The van der Waals surface area contributed by atoms with Crippen LogP contribution in [0.15, 0.2) is 24.3 Å². The monoisotopic (exact) mass is 221 g/mol. The largest absolute Gasteiger partial charge is 0.497 e. The average molecular weight is 221 g/mol. The van der Waals surface area contributed by atoms with Crippen LogP contribution in [-0.4, -0.2) is 18.4 Å². The molecule has 0 bridgehead atoms. The van der Waals surface area contributed by atoms with Crippen LogP contribution in [0.4, 0.5) is 0 Å². The molecule has 0 amide bonds. The third kappa shape index (κ3) is 2.54. The van der Waals surface area contributed by atoms with Gasteiger partial charge in [0.25, 0.3) is 0 Å². The van der Waals surface area contributed by atoms with Crippen LogP contribution in [0.5, 0.6) is 5.75 Å². The number of hydrogen-bond donors (Lipinski definition) is 2. The standard InChI is InChI=1S/C13H19NO2/c1-16-13-7-5-10(6-8-13)11-3-2-4-12(9-11)14-15/h5-8,11-12,14-15H,2-4,9H2,1H3. The maximum Gasteiger partial charge on any atom is 0.118 e. The Labute approximate surface area is 96.4 Å². The molecule has 3 heteroatoms. The smallest absolute Gasteiger partial charge is 0.118 e. The molecule has 1 fully saturated rings. The average Bonchev–Trinajstić information content (AvgIpc) is 2.39. The number of hydrogen-bond acceptors (Lipinski definition) is 3. The quantitative estimate of drug-likeness (QED) is 0.771. The lowest BCUT2D eigenvalue weighted by molar-refractivity contribution is 0.102. The minimum absolute atomic E-state index is 0.251. The van der Waals surface area contributed by atoms with Gasteiger partial charge in [0.2, 0.25) is 0 Å². The highest BCUT2D eigenvalue weighted by Gasteiger charge is 2.22. The summed E-state index contributed by atoms with van der Waals surface area (Å²) >= 11 is 0. The van der Waals surface area contributed by atoms with Crippen LogP contribution in [0.25, 0.3) is 0 Å². The van der Waals surface area contributed by atoms with Crippen molar-refractivity contribution in [2.75, 3.05) is 7.11 Å². The lowest BCUT2D eigenvalue weighted by Gasteiger charge is -2.28. The summed E-state index contributed by atoms with van der Waals surface area (Å²) in [6.45, 7) is 0. The molecule has 0 spiro atoms. The summed E-state index contributed by atoms with van der Waals surface area (Å²) in [5, 5.41) is 8.97. The fraction of sp³-hybridized carbons (Fsp3) is 0.538. The Morgan fingerprint density at radius 2 is 2.00 bits per heavy atom. The van der Waals surface area contributed by atoms with Crippen molar-refractivity contribution >= 4 is 0 Å². The third-order valence-electron chi connectivity index (χ3n) is 3.44. The fourth-order valence-corrected chi connectivity index (χ4v) is 2.49. The minimum Gasteiger partial charge on any atom is -0.497 e. The van der Waals surface area contributed by atoms with Gasteiger partial charge < -0.3 is 9.94 Å². The summed E-state index contributed by atoms with van der Waals surface area (Å²) in [6.07, 6.45) is 4.48. The number of nitrogens with one attached hydrogen (secondary N) is 1. The molecule has 0 heterocycles. The van der Waals surface area contributed by atoms with Gasteiger partial charge in [0, 0.05) is 6.04 Å². The molecule has 2 atom stereocenters. The molecule has 0 radical (unpaired) electrons. The zero-order valence-corrected chi connectivity index (χ0v) is 9.65. The van der Waals surface area contributed by atoms with Gasteiger partial charge in [-0.25, -0.2) is 5.48 Å². The molecule has 2 rings (SSSR count). The fourth-order valence-electron chi connectivity index (χ4n) is 2.49. The van der Waals surface area contributed by atoms with E-state index in [0.717, 1.165) is 18.6 Å². The molecule has 2 unspecified atom stereocenters. The number of methoxy groups -OCH3 is 1. The van der Waals surface area contributed by atoms with E-state index in [-0.39, 0.29) is 6.04 Å². The lowest BCUT2D eigenvalue weighted by atomic mass is 9.82. The van der Waals surface area contributed by atoms with Gasteiger partial charge in [-0.15, -0.1) is 0 Å². The van der Waals surface area contributed by atoms with Gasteiger partial charge in [-0.2, -0.15) is 0 Å². The first-order valence-electron chi connectivity index (χ1n) is 5.87. The van der Waals surface area contributed by atoms with Gasteiger partial charge in [-0.05, 0) is 42.9 Å². The van der Waals surface area contributed by atoms with Crippen LogP contribution < -0.4 is 10.2 Å². The number of hydroxylamine groups is 1. The van der Waals surface area contributed by atoms with Gasteiger partial charge >= 0.3 is 0 Å². The lowest BCUT2D eigenvalue weighted by Crippen LogP contribution is -2.30. The SMILES string of the molecule is COc1ccc(C2CCCC(NO)C2)cc1. The molecule has 88 valence electrons. The van der Waals surface area contributed by atoms with E-state index in [2.05, 4.69) is 17.6 Å². The van der Waals surface area contributed by atoms with Crippen molar-refractivity contribution < 1.29 is 9.94 Å². The first-order chi connectivity index (χ1) is 7.83. The van der Waals surface area contributed by atoms with Crippen molar-refractivity contribution in [1.29, 1.82) is 0 Å². The summed E-state index contributed by atoms with van der Waals surface area (Å²) in [5.74, 6) is 1.46. The van der Waals surface area contributed by atoms with Gasteiger partial charge in [-0.1, -0.05) is 18.6 Å². The second-order valence-corrected chi connectivity index (χ2v) is 4.46. The first-order valence-corrected chi connectivity index (χ1v) is 5.87. The van der Waals surface area contributed by atoms with Crippen LogP contribution in [0.1, 0.15) is 37.2 Å². The van der Waals surface area contributed by atoms with Gasteiger partial charge in [-0.3, -0.25) is 0 Å². The minimum atomic E-state index is 0.251. The molecular formula is C13H19NO2. The summed E-state index contributed by atoms with van der Waals surface area (Å²) in [6, 6.07) is 8.52. The molecule has 2 N–H and O–H groups in total. The summed E-state index contributed by atoms with van der Waals surface area (Å²) in [4.78, 5) is 0. The molecule has 1 saturated carbocycles. The van der Waals surface area contributed by atoms with Gasteiger partial charge in [0.05, 0.1) is 7.11 Å². The van der Waals surface area contributed by atoms with Crippen molar-refractivity contribution in [3.8, 4) is 5.75 Å². The highest BCUT2D eigenvalue weighted by atomic mass is 16.5. The van der Waals surface area contributed by atoms with E-state index in [4.69, 9.17) is 9.94 Å². The normalized spacial score (nSPS) is 25.4. The zero-order chi connectivity index (χ0) is 11.4. The maximum atomic E-state index is 8.97. The maximum absolute atomic E-state index is 8.97. The molecule has 1 aliphatic rings. The zero-order valence-electron chi connectivity index (χ0n) is 9.65. The molecule has 0 aliphatic heterocycles. The van der Waals surface area contributed by atoms with Gasteiger partial charge in [0.1, 0.15) is 5.75 Å². The van der Waals surface area contributed by atoms with E-state index in [9.17, 15) is 0 Å². The van der Waals surface area contributed by atoms with Crippen molar-refractivity contribution in [3.05, 3.63) is 29.8 Å². The molecule has 1 aromatic carbocycles. The summed E-state index contributed by atoms with van der Waals surface area (Å²) < 4.78 is 5.15. The molecule has 0 saturated heterocycles. The molecule has 0 aromatic heterocycles. The molecule has 16 heavy (non-hydrogen) atoms. The van der Waals surface area contributed by atoms with E-state index >= 15 is 0 Å². The third-order valence-corrected chi connectivity index (χ3v) is 3.44. The van der Waals surface area contributed by atoms with E-state index in [1.54, 1.807) is 7.11 Å². The van der Waals surface area contributed by atoms with E-state index < -0.39 is 0 Å². The van der Waals surface area contributed by atoms with Crippen LogP contribution in [0.3, 0.4) is 0 Å². The number of rotatable bonds is 3. The van der Waals surface area contributed by atoms with Crippen LogP contribution in [0.2, 0.25) is 0 Å². The first kappa shape index (κ1) is 11.4. The summed E-state index contributed by atoms with van der Waals surface area (Å²) in [7, 11) is 1.68. The second-order valence-electron chi connectivity index (χ2n) is 4.46. The van der Waals surface area contributed by atoms with E-state index in [0.29, 0.717) is 5.92 Å².